The molecule has 6 nitrogen and oxygen atoms in total. The van der Waals surface area contributed by atoms with Gasteiger partial charge >= 0.3 is 0 Å². The monoisotopic (exact) mass is 314 g/mol. The van der Waals surface area contributed by atoms with Gasteiger partial charge in [-0.15, -0.1) is 0 Å². The van der Waals surface area contributed by atoms with Crippen molar-refractivity contribution in [3.8, 4) is 5.82 Å². The largest absolute Gasteiger partial charge is 0.378 e. The molecule has 6 heteroatoms. The first-order valence-corrected chi connectivity index (χ1v) is 7.92. The molecule has 0 atom stereocenters. The molecule has 1 N–H and O–H groups in total. The van der Waals surface area contributed by atoms with Crippen molar-refractivity contribution in [3.05, 3.63) is 47.0 Å². The molecule has 2 aromatic rings. The molecule has 1 fully saturated rings. The molecule has 1 saturated heterocycles. The second kappa shape index (κ2) is 6.83. The Kier molecular flexibility index (Phi) is 4.62. The predicted molar refractivity (Wildman–Crippen MR) is 91.6 cm³/mol. The lowest BCUT2D eigenvalue weighted by Gasteiger charge is -2.28. The van der Waals surface area contributed by atoms with Crippen LogP contribution in [0.5, 0.6) is 0 Å². The van der Waals surface area contributed by atoms with E-state index in [0.717, 1.165) is 32.0 Å². The fourth-order valence-corrected chi connectivity index (χ4v) is 2.62. The molecule has 3 rings (SSSR count). The SMILES string of the molecule is CC(C)Nc1cccn(-c2ccc(N3CCOCC3)cn2)c1=O. The number of rotatable bonds is 4. The lowest BCUT2D eigenvalue weighted by atomic mass is 10.3. The average Bonchev–Trinajstić information content (AvgIpc) is 2.57. The molecule has 2 aromatic heterocycles. The van der Waals surface area contributed by atoms with Crippen LogP contribution in [0, 0.1) is 0 Å². The summed E-state index contributed by atoms with van der Waals surface area (Å²) in [6, 6.07) is 7.73. The molecule has 0 amide bonds. The van der Waals surface area contributed by atoms with E-state index in [0.29, 0.717) is 11.5 Å². The minimum absolute atomic E-state index is 0.0900. The van der Waals surface area contributed by atoms with Crippen LogP contribution in [-0.2, 0) is 4.74 Å². The highest BCUT2D eigenvalue weighted by Gasteiger charge is 2.12. The van der Waals surface area contributed by atoms with Gasteiger partial charge in [0.1, 0.15) is 11.5 Å². The summed E-state index contributed by atoms with van der Waals surface area (Å²) in [6.07, 6.45) is 3.56. The molecule has 122 valence electrons. The highest BCUT2D eigenvalue weighted by molar-refractivity contribution is 5.48. The van der Waals surface area contributed by atoms with Crippen molar-refractivity contribution in [2.75, 3.05) is 36.5 Å². The number of anilines is 2. The van der Waals surface area contributed by atoms with Gasteiger partial charge in [-0.05, 0) is 38.1 Å². The van der Waals surface area contributed by atoms with E-state index in [2.05, 4.69) is 15.2 Å². The first-order valence-electron chi connectivity index (χ1n) is 7.92. The summed E-state index contributed by atoms with van der Waals surface area (Å²) >= 11 is 0. The number of morpholine rings is 1. The Morgan fingerprint density at radius 3 is 2.65 bits per heavy atom. The first-order chi connectivity index (χ1) is 11.1. The van der Waals surface area contributed by atoms with Crippen LogP contribution in [-0.4, -0.2) is 41.9 Å². The highest BCUT2D eigenvalue weighted by Crippen LogP contribution is 2.16. The van der Waals surface area contributed by atoms with Crippen LogP contribution >= 0.6 is 0 Å². The molecule has 0 bridgehead atoms. The number of hydrogen-bond donors (Lipinski definition) is 1. The van der Waals surface area contributed by atoms with Crippen LogP contribution in [0.15, 0.2) is 41.5 Å². The second-order valence-corrected chi connectivity index (χ2v) is 5.87. The minimum Gasteiger partial charge on any atom is -0.378 e. The van der Waals surface area contributed by atoms with Crippen molar-refractivity contribution >= 4 is 11.4 Å². The maximum atomic E-state index is 12.5. The van der Waals surface area contributed by atoms with Gasteiger partial charge in [-0.2, -0.15) is 0 Å². The van der Waals surface area contributed by atoms with Gasteiger partial charge in [0.05, 0.1) is 25.1 Å². The summed E-state index contributed by atoms with van der Waals surface area (Å²) in [4.78, 5) is 19.2. The third-order valence-corrected chi connectivity index (χ3v) is 3.75. The van der Waals surface area contributed by atoms with E-state index in [1.807, 2.05) is 38.2 Å². The standard InChI is InChI=1S/C17H22N4O2/c1-13(2)19-15-4-3-7-21(17(15)22)16-6-5-14(12-18-16)20-8-10-23-11-9-20/h3-7,12-13,19H,8-11H2,1-2H3. The number of aromatic nitrogens is 2. The van der Waals surface area contributed by atoms with E-state index < -0.39 is 0 Å². The topological polar surface area (TPSA) is 59.4 Å². The number of hydrogen-bond acceptors (Lipinski definition) is 5. The molecule has 0 aromatic carbocycles. The summed E-state index contributed by atoms with van der Waals surface area (Å²) in [6.45, 7) is 7.23. The van der Waals surface area contributed by atoms with Crippen molar-refractivity contribution in [1.82, 2.24) is 9.55 Å². The Hall–Kier alpha value is -2.34. The molecule has 0 saturated carbocycles. The van der Waals surface area contributed by atoms with Crippen LogP contribution < -0.4 is 15.8 Å². The third-order valence-electron chi connectivity index (χ3n) is 3.75. The zero-order chi connectivity index (χ0) is 16.2. The molecule has 1 aliphatic heterocycles. The smallest absolute Gasteiger partial charge is 0.279 e. The lowest BCUT2D eigenvalue weighted by Crippen LogP contribution is -2.36. The lowest BCUT2D eigenvalue weighted by molar-refractivity contribution is 0.122. The van der Waals surface area contributed by atoms with E-state index >= 15 is 0 Å². The number of nitrogens with zero attached hydrogens (tertiary/aromatic N) is 3. The molecular weight excluding hydrogens is 292 g/mol. The maximum Gasteiger partial charge on any atom is 0.279 e. The van der Waals surface area contributed by atoms with E-state index in [-0.39, 0.29) is 11.6 Å². The Bertz CT molecular complexity index is 703. The van der Waals surface area contributed by atoms with Crippen LogP contribution in [0.1, 0.15) is 13.8 Å². The van der Waals surface area contributed by atoms with Crippen molar-refractivity contribution in [2.24, 2.45) is 0 Å². The van der Waals surface area contributed by atoms with Gasteiger partial charge < -0.3 is 15.0 Å². The van der Waals surface area contributed by atoms with E-state index in [1.165, 1.54) is 0 Å². The van der Waals surface area contributed by atoms with Gasteiger partial charge in [0.25, 0.3) is 5.56 Å². The summed E-state index contributed by atoms with van der Waals surface area (Å²) in [5, 5.41) is 3.16. The van der Waals surface area contributed by atoms with Crippen LogP contribution in [0.3, 0.4) is 0 Å². The van der Waals surface area contributed by atoms with Crippen molar-refractivity contribution in [2.45, 2.75) is 19.9 Å². The van der Waals surface area contributed by atoms with Crippen LogP contribution in [0.4, 0.5) is 11.4 Å². The normalized spacial score (nSPS) is 15.0. The van der Waals surface area contributed by atoms with Crippen molar-refractivity contribution in [1.29, 1.82) is 0 Å². The van der Waals surface area contributed by atoms with Gasteiger partial charge in [-0.25, -0.2) is 4.98 Å². The fourth-order valence-electron chi connectivity index (χ4n) is 2.62. The summed E-state index contributed by atoms with van der Waals surface area (Å²) in [5.41, 5.74) is 1.55. The quantitative estimate of drug-likeness (QED) is 0.934. The van der Waals surface area contributed by atoms with Crippen molar-refractivity contribution in [3.63, 3.8) is 0 Å². The summed E-state index contributed by atoms with van der Waals surface area (Å²) < 4.78 is 6.92. The zero-order valence-electron chi connectivity index (χ0n) is 13.5. The number of nitrogens with one attached hydrogen (secondary N) is 1. The Labute approximate surface area is 135 Å². The Balaban J connectivity index is 1.86. The predicted octanol–water partition coefficient (Wildman–Crippen LogP) is 1.89. The van der Waals surface area contributed by atoms with Crippen LogP contribution in [0.2, 0.25) is 0 Å². The van der Waals surface area contributed by atoms with Gasteiger partial charge in [0.15, 0.2) is 0 Å². The van der Waals surface area contributed by atoms with Crippen molar-refractivity contribution < 1.29 is 4.74 Å². The molecule has 0 radical (unpaired) electrons. The number of pyridine rings is 2. The number of ether oxygens (including phenoxy) is 1. The Morgan fingerprint density at radius 1 is 1.22 bits per heavy atom. The maximum absolute atomic E-state index is 12.5. The van der Waals surface area contributed by atoms with E-state index in [4.69, 9.17) is 4.74 Å². The third kappa shape index (κ3) is 3.53. The van der Waals surface area contributed by atoms with Gasteiger partial charge in [-0.3, -0.25) is 9.36 Å². The molecule has 23 heavy (non-hydrogen) atoms. The highest BCUT2D eigenvalue weighted by atomic mass is 16.5. The first kappa shape index (κ1) is 15.6. The minimum atomic E-state index is -0.0900. The molecular formula is C17H22N4O2. The molecule has 0 spiro atoms. The van der Waals surface area contributed by atoms with Gasteiger partial charge in [0, 0.05) is 25.3 Å². The molecule has 1 aliphatic rings. The van der Waals surface area contributed by atoms with Gasteiger partial charge in [0.2, 0.25) is 0 Å². The van der Waals surface area contributed by atoms with E-state index in [1.54, 1.807) is 16.8 Å². The summed E-state index contributed by atoms with van der Waals surface area (Å²) in [5.74, 6) is 0.624. The van der Waals surface area contributed by atoms with Crippen LogP contribution in [0.25, 0.3) is 5.82 Å². The molecule has 3 heterocycles. The average molecular weight is 314 g/mol. The summed E-state index contributed by atoms with van der Waals surface area (Å²) in [7, 11) is 0. The van der Waals surface area contributed by atoms with E-state index in [9.17, 15) is 4.79 Å². The molecule has 0 aliphatic carbocycles. The zero-order valence-corrected chi connectivity index (χ0v) is 13.5. The Morgan fingerprint density at radius 2 is 2.00 bits per heavy atom. The molecule has 0 unspecified atom stereocenters. The van der Waals surface area contributed by atoms with Gasteiger partial charge in [-0.1, -0.05) is 0 Å². The second-order valence-electron chi connectivity index (χ2n) is 5.87. The fraction of sp³-hybridized carbons (Fsp3) is 0.412.